The van der Waals surface area contributed by atoms with Crippen molar-refractivity contribution in [2.24, 2.45) is 0 Å². The second kappa shape index (κ2) is 8.31. The van der Waals surface area contributed by atoms with Gasteiger partial charge in [-0.05, 0) is 11.8 Å². The highest BCUT2D eigenvalue weighted by molar-refractivity contribution is 8.14. The first kappa shape index (κ1) is 15.2. The summed E-state index contributed by atoms with van der Waals surface area (Å²) in [4.78, 5) is 33.4. The Morgan fingerprint density at radius 1 is 1.21 bits per heavy atom. The number of nitrogens with one attached hydrogen (secondary N) is 1. The zero-order valence-corrected chi connectivity index (χ0v) is 11.4. The van der Waals surface area contributed by atoms with Crippen molar-refractivity contribution in [3.8, 4) is 0 Å². The third-order valence-corrected chi connectivity index (χ3v) is 2.85. The molecule has 0 aliphatic heterocycles. The molecule has 0 aliphatic rings. The Labute approximate surface area is 115 Å². The van der Waals surface area contributed by atoms with Gasteiger partial charge < -0.3 is 10.1 Å². The standard InChI is InChI=1S/C13H15NO4S/c1-19-12(16)11(15)7-8-14-13(17)18-9-10-5-3-2-4-6-10/h2-6H,7-9H2,1H3,(H,14,17). The molecule has 1 aromatic rings. The molecule has 19 heavy (non-hydrogen) atoms. The average molecular weight is 281 g/mol. The highest BCUT2D eigenvalue weighted by Gasteiger charge is 2.12. The van der Waals surface area contributed by atoms with Crippen LogP contribution in [0.25, 0.3) is 0 Å². The minimum absolute atomic E-state index is 0.0138. The fraction of sp³-hybridized carbons (Fsp3) is 0.308. The number of benzene rings is 1. The molecule has 0 heterocycles. The van der Waals surface area contributed by atoms with E-state index in [9.17, 15) is 14.4 Å². The van der Waals surface area contributed by atoms with E-state index in [1.54, 1.807) is 6.26 Å². The van der Waals surface area contributed by atoms with Gasteiger partial charge in [-0.25, -0.2) is 4.79 Å². The number of carbonyl (C=O) groups excluding carboxylic acids is 3. The van der Waals surface area contributed by atoms with Gasteiger partial charge in [0, 0.05) is 13.0 Å². The predicted molar refractivity (Wildman–Crippen MR) is 72.8 cm³/mol. The van der Waals surface area contributed by atoms with Gasteiger partial charge in [0.15, 0.2) is 0 Å². The Hall–Kier alpha value is -1.82. The van der Waals surface area contributed by atoms with E-state index in [1.807, 2.05) is 30.3 Å². The molecule has 102 valence electrons. The van der Waals surface area contributed by atoms with Crippen molar-refractivity contribution >= 4 is 28.8 Å². The monoisotopic (exact) mass is 281 g/mol. The third-order valence-electron chi connectivity index (χ3n) is 2.25. The zero-order valence-electron chi connectivity index (χ0n) is 10.5. The predicted octanol–water partition coefficient (Wildman–Crippen LogP) is 1.76. The molecule has 1 rings (SSSR count). The fourth-order valence-corrected chi connectivity index (χ4v) is 1.60. The van der Waals surface area contributed by atoms with E-state index >= 15 is 0 Å². The minimum Gasteiger partial charge on any atom is -0.445 e. The summed E-state index contributed by atoms with van der Waals surface area (Å²) in [6.07, 6.45) is 0.926. The summed E-state index contributed by atoms with van der Waals surface area (Å²) in [6, 6.07) is 9.26. The SMILES string of the molecule is CSC(=O)C(=O)CCNC(=O)OCc1ccccc1. The maximum atomic E-state index is 11.3. The fourth-order valence-electron chi connectivity index (χ4n) is 1.27. The Morgan fingerprint density at radius 2 is 1.89 bits per heavy atom. The van der Waals surface area contributed by atoms with Crippen LogP contribution in [0.3, 0.4) is 0 Å². The Kier molecular flexibility index (Phi) is 6.67. The quantitative estimate of drug-likeness (QED) is 0.804. The van der Waals surface area contributed by atoms with Crippen LogP contribution in [0.1, 0.15) is 12.0 Å². The number of thioether (sulfide) groups is 1. The molecule has 0 radical (unpaired) electrons. The molecule has 0 bridgehead atoms. The van der Waals surface area contributed by atoms with Crippen LogP contribution in [0.4, 0.5) is 4.79 Å². The molecule has 1 N–H and O–H groups in total. The number of alkyl carbamates (subject to hydrolysis) is 1. The minimum atomic E-state index is -0.603. The molecule has 6 heteroatoms. The van der Waals surface area contributed by atoms with Crippen LogP contribution in [0.15, 0.2) is 30.3 Å². The summed E-state index contributed by atoms with van der Waals surface area (Å²) < 4.78 is 4.95. The molecule has 0 fully saturated rings. The highest BCUT2D eigenvalue weighted by atomic mass is 32.2. The number of ether oxygens (including phenoxy) is 1. The molecule has 5 nitrogen and oxygen atoms in total. The summed E-state index contributed by atoms with van der Waals surface area (Å²) in [7, 11) is 0. The number of carbonyl (C=O) groups is 3. The molecule has 0 spiro atoms. The van der Waals surface area contributed by atoms with Crippen LogP contribution >= 0.6 is 11.8 Å². The number of amides is 1. The third kappa shape index (κ3) is 6.05. The van der Waals surface area contributed by atoms with E-state index in [4.69, 9.17) is 4.74 Å². The van der Waals surface area contributed by atoms with Gasteiger partial charge in [0.1, 0.15) is 6.61 Å². The lowest BCUT2D eigenvalue weighted by atomic mass is 10.2. The van der Waals surface area contributed by atoms with Gasteiger partial charge in [0.2, 0.25) is 5.78 Å². The molecule has 0 atom stereocenters. The van der Waals surface area contributed by atoms with E-state index in [2.05, 4.69) is 5.32 Å². The maximum Gasteiger partial charge on any atom is 0.407 e. The van der Waals surface area contributed by atoms with Crippen LogP contribution in [-0.4, -0.2) is 29.8 Å². The first-order valence-corrected chi connectivity index (χ1v) is 6.91. The highest BCUT2D eigenvalue weighted by Crippen LogP contribution is 2.01. The van der Waals surface area contributed by atoms with Gasteiger partial charge in [-0.15, -0.1) is 0 Å². The van der Waals surface area contributed by atoms with Crippen molar-refractivity contribution < 1.29 is 19.1 Å². The molecule has 1 amide bonds. The number of hydrogen-bond acceptors (Lipinski definition) is 5. The second-order valence-corrected chi connectivity index (χ2v) is 4.43. The van der Waals surface area contributed by atoms with E-state index in [-0.39, 0.29) is 19.6 Å². The van der Waals surface area contributed by atoms with Crippen molar-refractivity contribution in [3.05, 3.63) is 35.9 Å². The second-order valence-electron chi connectivity index (χ2n) is 3.65. The largest absolute Gasteiger partial charge is 0.445 e. The van der Waals surface area contributed by atoms with Crippen LogP contribution < -0.4 is 5.32 Å². The summed E-state index contributed by atoms with van der Waals surface area (Å²) in [5, 5.41) is 1.92. The number of hydrogen-bond donors (Lipinski definition) is 1. The van der Waals surface area contributed by atoms with Crippen molar-refractivity contribution in [1.82, 2.24) is 5.32 Å². The van der Waals surface area contributed by atoms with Gasteiger partial charge in [0.05, 0.1) is 0 Å². The van der Waals surface area contributed by atoms with Gasteiger partial charge in [0.25, 0.3) is 5.12 Å². The van der Waals surface area contributed by atoms with Gasteiger partial charge in [-0.3, -0.25) is 9.59 Å². The Bertz CT molecular complexity index is 447. The Balaban J connectivity index is 2.18. The number of ketones is 1. The number of Topliss-reactive ketones (excluding diaryl/α,β-unsaturated/α-hetero) is 1. The molecule has 0 unspecified atom stereocenters. The smallest absolute Gasteiger partial charge is 0.407 e. The zero-order chi connectivity index (χ0) is 14.1. The van der Waals surface area contributed by atoms with E-state index in [0.717, 1.165) is 17.3 Å². The summed E-state index contributed by atoms with van der Waals surface area (Å²) in [6.45, 7) is 0.267. The first-order chi connectivity index (χ1) is 9.13. The molecule has 1 aromatic carbocycles. The normalized spacial score (nSPS) is 9.74. The van der Waals surface area contributed by atoms with Crippen LogP contribution in [0.2, 0.25) is 0 Å². The Morgan fingerprint density at radius 3 is 2.53 bits per heavy atom. The van der Waals surface area contributed by atoms with Gasteiger partial charge in [-0.2, -0.15) is 0 Å². The lowest BCUT2D eigenvalue weighted by Crippen LogP contribution is -2.27. The van der Waals surface area contributed by atoms with Crippen LogP contribution in [-0.2, 0) is 20.9 Å². The van der Waals surface area contributed by atoms with Crippen molar-refractivity contribution in [2.45, 2.75) is 13.0 Å². The maximum absolute atomic E-state index is 11.3. The van der Waals surface area contributed by atoms with Crippen molar-refractivity contribution in [1.29, 1.82) is 0 Å². The van der Waals surface area contributed by atoms with E-state index in [0.29, 0.717) is 0 Å². The topological polar surface area (TPSA) is 72.5 Å². The lowest BCUT2D eigenvalue weighted by Gasteiger charge is -2.06. The molecule has 0 saturated heterocycles. The van der Waals surface area contributed by atoms with E-state index in [1.165, 1.54) is 0 Å². The molecular weight excluding hydrogens is 266 g/mol. The van der Waals surface area contributed by atoms with Crippen LogP contribution in [0, 0.1) is 0 Å². The number of rotatable bonds is 6. The van der Waals surface area contributed by atoms with Gasteiger partial charge >= 0.3 is 6.09 Å². The molecule has 0 aromatic heterocycles. The summed E-state index contributed by atoms with van der Waals surface area (Å²) in [5.41, 5.74) is 0.881. The summed E-state index contributed by atoms with van der Waals surface area (Å²) >= 11 is 0.867. The van der Waals surface area contributed by atoms with E-state index < -0.39 is 17.0 Å². The average Bonchev–Trinajstić information content (AvgIpc) is 2.45. The lowest BCUT2D eigenvalue weighted by molar-refractivity contribution is -0.131. The van der Waals surface area contributed by atoms with Gasteiger partial charge in [-0.1, -0.05) is 42.1 Å². The first-order valence-electron chi connectivity index (χ1n) is 5.69. The molecule has 0 aliphatic carbocycles. The summed E-state index contributed by atoms with van der Waals surface area (Å²) in [5.74, 6) is -0.504. The van der Waals surface area contributed by atoms with Crippen molar-refractivity contribution in [2.75, 3.05) is 12.8 Å². The van der Waals surface area contributed by atoms with Crippen LogP contribution in [0.5, 0.6) is 0 Å². The van der Waals surface area contributed by atoms with Crippen molar-refractivity contribution in [3.63, 3.8) is 0 Å². The molecule has 0 saturated carbocycles. The molecular formula is C13H15NO4S.